The van der Waals surface area contributed by atoms with Crippen molar-refractivity contribution in [1.82, 2.24) is 9.88 Å². The molecule has 5 nitrogen and oxygen atoms in total. The van der Waals surface area contributed by atoms with Crippen LogP contribution in [0.15, 0.2) is 41.5 Å². The van der Waals surface area contributed by atoms with E-state index in [1.54, 1.807) is 14.2 Å². The van der Waals surface area contributed by atoms with Crippen molar-refractivity contribution in [2.24, 2.45) is 4.99 Å². The Kier molecular flexibility index (Phi) is 4.53. The number of aliphatic imine (C=N–C) groups is 1. The summed E-state index contributed by atoms with van der Waals surface area (Å²) >= 11 is 1.85. The Morgan fingerprint density at radius 2 is 1.92 bits per heavy atom. The highest BCUT2D eigenvalue weighted by Crippen LogP contribution is 2.49. The molecule has 0 N–H and O–H groups in total. The van der Waals surface area contributed by atoms with Gasteiger partial charge in [-0.2, -0.15) is 0 Å². The first-order chi connectivity index (χ1) is 12.6. The highest BCUT2D eigenvalue weighted by molar-refractivity contribution is 8.14. The molecule has 136 valence electrons. The van der Waals surface area contributed by atoms with Gasteiger partial charge in [0.25, 0.3) is 0 Å². The minimum atomic E-state index is -0.0111. The standard InChI is InChI=1S/C20H23N3O2S/c1-12-9-16(24-3)17(25-4)10-14(12)19-18(15-7-5-6-8-21-15)22-20-23(19)11-13(2)26-20/h5-10,13,18-19H,11H2,1-4H3/t13-,18-,19-/m1/s1. The zero-order valence-electron chi connectivity index (χ0n) is 15.5. The van der Waals surface area contributed by atoms with Gasteiger partial charge in [-0.15, -0.1) is 0 Å². The zero-order chi connectivity index (χ0) is 18.3. The number of benzene rings is 1. The average Bonchev–Trinajstić information content (AvgIpc) is 3.18. The van der Waals surface area contributed by atoms with E-state index in [2.05, 4.69) is 35.9 Å². The summed E-state index contributed by atoms with van der Waals surface area (Å²) in [6.07, 6.45) is 1.84. The third kappa shape index (κ3) is 2.82. The molecule has 1 fully saturated rings. The van der Waals surface area contributed by atoms with E-state index in [9.17, 15) is 0 Å². The predicted octanol–water partition coefficient (Wildman–Crippen LogP) is 4.00. The van der Waals surface area contributed by atoms with Crippen molar-refractivity contribution < 1.29 is 9.47 Å². The SMILES string of the molecule is COc1cc(C)c([C@@H]2[C@@H](c3ccccn3)N=C3S[C@H](C)CN32)cc1OC. The fourth-order valence-corrected chi connectivity index (χ4v) is 4.86. The van der Waals surface area contributed by atoms with E-state index in [0.29, 0.717) is 5.25 Å². The lowest BCUT2D eigenvalue weighted by atomic mass is 9.92. The van der Waals surface area contributed by atoms with E-state index in [0.717, 1.165) is 28.9 Å². The molecular formula is C20H23N3O2S. The van der Waals surface area contributed by atoms with Gasteiger partial charge in [-0.25, -0.2) is 0 Å². The van der Waals surface area contributed by atoms with Crippen LogP contribution in [0.1, 0.15) is 35.8 Å². The minimum absolute atomic E-state index is 0.0111. The van der Waals surface area contributed by atoms with Crippen LogP contribution in [0.3, 0.4) is 0 Å². The largest absolute Gasteiger partial charge is 0.493 e. The molecule has 0 bridgehead atoms. The molecule has 26 heavy (non-hydrogen) atoms. The summed E-state index contributed by atoms with van der Waals surface area (Å²) in [6.45, 7) is 5.36. The Morgan fingerprint density at radius 1 is 1.15 bits per heavy atom. The normalized spacial score (nSPS) is 24.4. The van der Waals surface area contributed by atoms with Gasteiger partial charge in [0, 0.05) is 18.0 Å². The third-order valence-electron chi connectivity index (χ3n) is 4.97. The first-order valence-corrected chi connectivity index (χ1v) is 9.65. The van der Waals surface area contributed by atoms with E-state index < -0.39 is 0 Å². The van der Waals surface area contributed by atoms with Gasteiger partial charge in [-0.1, -0.05) is 24.8 Å². The van der Waals surface area contributed by atoms with E-state index in [4.69, 9.17) is 14.5 Å². The Balaban J connectivity index is 1.82. The lowest BCUT2D eigenvalue weighted by Gasteiger charge is -2.29. The van der Waals surface area contributed by atoms with Gasteiger partial charge in [0.05, 0.1) is 26.0 Å². The maximum Gasteiger partial charge on any atom is 0.161 e. The molecule has 0 saturated carbocycles. The van der Waals surface area contributed by atoms with Gasteiger partial charge in [0.2, 0.25) is 0 Å². The summed E-state index contributed by atoms with van der Waals surface area (Å²) in [5.41, 5.74) is 3.39. The molecule has 1 aromatic heterocycles. The molecular weight excluding hydrogens is 346 g/mol. The van der Waals surface area contributed by atoms with Crippen LogP contribution in [0.5, 0.6) is 11.5 Å². The van der Waals surface area contributed by atoms with E-state index in [1.807, 2.05) is 36.2 Å². The van der Waals surface area contributed by atoms with Crippen molar-refractivity contribution in [3.05, 3.63) is 53.3 Å². The number of methoxy groups -OCH3 is 2. The Labute approximate surface area is 158 Å². The van der Waals surface area contributed by atoms with Crippen LogP contribution in [0.4, 0.5) is 0 Å². The molecule has 2 aliphatic heterocycles. The minimum Gasteiger partial charge on any atom is -0.493 e. The van der Waals surface area contributed by atoms with Gasteiger partial charge >= 0.3 is 0 Å². The van der Waals surface area contributed by atoms with Crippen molar-refractivity contribution in [1.29, 1.82) is 0 Å². The number of aromatic nitrogens is 1. The number of hydrogen-bond donors (Lipinski definition) is 0. The van der Waals surface area contributed by atoms with E-state index >= 15 is 0 Å². The second-order valence-electron chi connectivity index (χ2n) is 6.70. The summed E-state index contributed by atoms with van der Waals surface area (Å²) in [5.74, 6) is 1.51. The van der Waals surface area contributed by atoms with E-state index in [-0.39, 0.29) is 12.1 Å². The van der Waals surface area contributed by atoms with Crippen LogP contribution < -0.4 is 9.47 Å². The number of ether oxygens (including phenoxy) is 2. The number of amidine groups is 1. The molecule has 4 rings (SSSR count). The third-order valence-corrected chi connectivity index (χ3v) is 6.07. The first-order valence-electron chi connectivity index (χ1n) is 8.77. The van der Waals surface area contributed by atoms with Crippen LogP contribution in [0.2, 0.25) is 0 Å². The monoisotopic (exact) mass is 369 g/mol. The molecule has 0 amide bonds. The molecule has 3 atom stereocenters. The van der Waals surface area contributed by atoms with Crippen LogP contribution in [0.25, 0.3) is 0 Å². The molecule has 2 aromatic rings. The topological polar surface area (TPSA) is 47.0 Å². The number of fused-ring (bicyclic) bond motifs is 1. The highest BCUT2D eigenvalue weighted by Gasteiger charge is 2.44. The average molecular weight is 369 g/mol. The molecule has 1 aromatic carbocycles. The van der Waals surface area contributed by atoms with Crippen molar-refractivity contribution >= 4 is 16.9 Å². The summed E-state index contributed by atoms with van der Waals surface area (Å²) in [4.78, 5) is 12.0. The summed E-state index contributed by atoms with van der Waals surface area (Å²) in [5, 5.41) is 1.66. The number of nitrogens with zero attached hydrogens (tertiary/aromatic N) is 3. The highest BCUT2D eigenvalue weighted by atomic mass is 32.2. The maximum absolute atomic E-state index is 5.56. The van der Waals surface area contributed by atoms with Gasteiger partial charge < -0.3 is 14.4 Å². The van der Waals surface area contributed by atoms with Crippen molar-refractivity contribution in [2.45, 2.75) is 31.2 Å². The quantitative estimate of drug-likeness (QED) is 0.815. The number of pyridine rings is 1. The molecule has 0 radical (unpaired) electrons. The smallest absolute Gasteiger partial charge is 0.161 e. The second kappa shape index (κ2) is 6.83. The van der Waals surface area contributed by atoms with Crippen molar-refractivity contribution in [3.63, 3.8) is 0 Å². The molecule has 0 unspecified atom stereocenters. The first kappa shape index (κ1) is 17.2. The number of hydrogen-bond acceptors (Lipinski definition) is 6. The Morgan fingerprint density at radius 3 is 2.62 bits per heavy atom. The second-order valence-corrected chi connectivity index (χ2v) is 8.11. The Hall–Kier alpha value is -2.21. The zero-order valence-corrected chi connectivity index (χ0v) is 16.3. The van der Waals surface area contributed by atoms with Crippen LogP contribution in [-0.4, -0.2) is 41.1 Å². The lowest BCUT2D eigenvalue weighted by molar-refractivity contribution is 0.316. The maximum atomic E-state index is 5.56. The fourth-order valence-electron chi connectivity index (χ4n) is 3.77. The van der Waals surface area contributed by atoms with Gasteiger partial charge in [-0.3, -0.25) is 9.98 Å². The summed E-state index contributed by atoms with van der Waals surface area (Å²) in [6, 6.07) is 10.3. The lowest BCUT2D eigenvalue weighted by Crippen LogP contribution is -2.29. The molecule has 6 heteroatoms. The molecule has 3 heterocycles. The van der Waals surface area contributed by atoms with Crippen LogP contribution in [-0.2, 0) is 0 Å². The number of rotatable bonds is 4. The van der Waals surface area contributed by atoms with Crippen LogP contribution in [0, 0.1) is 6.92 Å². The molecule has 1 saturated heterocycles. The summed E-state index contributed by atoms with van der Waals surface area (Å²) < 4.78 is 11.0. The predicted molar refractivity (Wildman–Crippen MR) is 105 cm³/mol. The van der Waals surface area contributed by atoms with Gasteiger partial charge in [-0.05, 0) is 42.3 Å². The number of aryl methyl sites for hydroxylation is 1. The fraction of sp³-hybridized carbons (Fsp3) is 0.400. The van der Waals surface area contributed by atoms with Crippen molar-refractivity contribution in [2.75, 3.05) is 20.8 Å². The van der Waals surface area contributed by atoms with Crippen molar-refractivity contribution in [3.8, 4) is 11.5 Å². The summed E-state index contributed by atoms with van der Waals surface area (Å²) in [7, 11) is 3.35. The van der Waals surface area contributed by atoms with Gasteiger partial charge in [0.15, 0.2) is 16.7 Å². The van der Waals surface area contributed by atoms with E-state index in [1.165, 1.54) is 11.1 Å². The molecule has 0 aliphatic carbocycles. The van der Waals surface area contributed by atoms with Crippen LogP contribution >= 0.6 is 11.8 Å². The van der Waals surface area contributed by atoms with Gasteiger partial charge in [0.1, 0.15) is 6.04 Å². The Bertz CT molecular complexity index is 840. The molecule has 0 spiro atoms. The molecule has 2 aliphatic rings. The number of thioether (sulfide) groups is 1.